The maximum Gasteiger partial charge on any atom is 0.244 e. The fourth-order valence-electron chi connectivity index (χ4n) is 1.77. The monoisotopic (exact) mass is 192 g/mol. The number of hydrogen-bond donors (Lipinski definition) is 1. The van der Waals surface area contributed by atoms with Crippen LogP contribution in [0, 0.1) is 17.2 Å². The molecule has 0 heterocycles. The number of nitrogens with zero attached hydrogens (tertiary/aromatic N) is 1. The van der Waals surface area contributed by atoms with Crippen molar-refractivity contribution in [2.24, 2.45) is 5.92 Å². The van der Waals surface area contributed by atoms with Gasteiger partial charge in [0.15, 0.2) is 0 Å². The number of carbonyl (C=O) groups is 1. The minimum absolute atomic E-state index is 0.00418. The van der Waals surface area contributed by atoms with Crippen LogP contribution >= 0.6 is 0 Å². The number of amides is 1. The lowest BCUT2D eigenvalue weighted by molar-refractivity contribution is -0.117. The topological polar surface area (TPSA) is 52.9 Å². The molecule has 0 aliphatic heterocycles. The van der Waals surface area contributed by atoms with Crippen molar-refractivity contribution in [2.45, 2.75) is 39.2 Å². The number of hydrogen-bond acceptors (Lipinski definition) is 2. The highest BCUT2D eigenvalue weighted by molar-refractivity contribution is 5.88. The van der Waals surface area contributed by atoms with Crippen molar-refractivity contribution >= 4 is 5.91 Å². The molecular formula is C11H16N2O. The lowest BCUT2D eigenvalue weighted by Crippen LogP contribution is -2.35. The van der Waals surface area contributed by atoms with Crippen molar-refractivity contribution in [3.8, 4) is 6.07 Å². The second-order valence-electron chi connectivity index (χ2n) is 4.00. The lowest BCUT2D eigenvalue weighted by Gasteiger charge is -2.13. The van der Waals surface area contributed by atoms with Crippen LogP contribution < -0.4 is 5.32 Å². The van der Waals surface area contributed by atoms with Crippen LogP contribution in [0.1, 0.15) is 33.1 Å². The molecule has 0 spiro atoms. The van der Waals surface area contributed by atoms with E-state index in [2.05, 4.69) is 11.4 Å². The second kappa shape index (κ2) is 4.80. The van der Waals surface area contributed by atoms with E-state index >= 15 is 0 Å². The van der Waals surface area contributed by atoms with Gasteiger partial charge in [-0.25, -0.2) is 0 Å². The first-order valence-electron chi connectivity index (χ1n) is 4.98. The SMILES string of the molecule is CC(C)=CC(=O)NC1CCCC1C#N. The second-order valence-corrected chi connectivity index (χ2v) is 4.00. The van der Waals surface area contributed by atoms with Gasteiger partial charge in [-0.2, -0.15) is 5.26 Å². The summed E-state index contributed by atoms with van der Waals surface area (Å²) in [5.74, 6) is -0.0679. The third-order valence-electron chi connectivity index (χ3n) is 2.43. The van der Waals surface area contributed by atoms with Crippen LogP contribution in [-0.4, -0.2) is 11.9 Å². The molecule has 1 amide bonds. The van der Waals surface area contributed by atoms with Crippen molar-refractivity contribution in [1.29, 1.82) is 5.26 Å². The number of rotatable bonds is 2. The Bertz CT molecular complexity index is 284. The Morgan fingerprint density at radius 1 is 1.50 bits per heavy atom. The van der Waals surface area contributed by atoms with Gasteiger partial charge in [0, 0.05) is 12.1 Å². The van der Waals surface area contributed by atoms with Gasteiger partial charge in [0.05, 0.1) is 12.0 Å². The first-order chi connectivity index (χ1) is 6.63. The van der Waals surface area contributed by atoms with Crippen LogP contribution in [0.5, 0.6) is 0 Å². The Morgan fingerprint density at radius 3 is 2.79 bits per heavy atom. The number of nitriles is 1. The van der Waals surface area contributed by atoms with E-state index in [0.29, 0.717) is 0 Å². The van der Waals surface area contributed by atoms with Crippen LogP contribution in [0.25, 0.3) is 0 Å². The molecule has 1 saturated carbocycles. The van der Waals surface area contributed by atoms with Gasteiger partial charge < -0.3 is 5.32 Å². The van der Waals surface area contributed by atoms with Crippen LogP contribution in [-0.2, 0) is 4.79 Å². The molecular weight excluding hydrogens is 176 g/mol. The zero-order chi connectivity index (χ0) is 10.6. The fraction of sp³-hybridized carbons (Fsp3) is 0.636. The van der Waals surface area contributed by atoms with E-state index in [0.717, 1.165) is 24.8 Å². The molecule has 2 unspecified atom stereocenters. The molecule has 0 bridgehead atoms. The van der Waals surface area contributed by atoms with Gasteiger partial charge in [-0.1, -0.05) is 5.57 Å². The smallest absolute Gasteiger partial charge is 0.244 e. The van der Waals surface area contributed by atoms with Crippen molar-refractivity contribution in [3.05, 3.63) is 11.6 Å². The molecule has 1 fully saturated rings. The Labute approximate surface area is 84.8 Å². The van der Waals surface area contributed by atoms with E-state index in [9.17, 15) is 4.79 Å². The summed E-state index contributed by atoms with van der Waals surface area (Å²) in [6.07, 6.45) is 4.46. The predicted molar refractivity (Wildman–Crippen MR) is 54.3 cm³/mol. The molecule has 1 aliphatic rings. The van der Waals surface area contributed by atoms with E-state index in [1.807, 2.05) is 13.8 Å². The molecule has 2 atom stereocenters. The Balaban J connectivity index is 2.49. The average Bonchev–Trinajstić information content (AvgIpc) is 2.50. The molecule has 1 aliphatic carbocycles. The third kappa shape index (κ3) is 2.88. The summed E-state index contributed by atoms with van der Waals surface area (Å²) in [6.45, 7) is 3.77. The summed E-state index contributed by atoms with van der Waals surface area (Å²) < 4.78 is 0. The highest BCUT2D eigenvalue weighted by atomic mass is 16.1. The molecule has 0 saturated heterocycles. The van der Waals surface area contributed by atoms with Gasteiger partial charge in [-0.15, -0.1) is 0 Å². The fourth-order valence-corrected chi connectivity index (χ4v) is 1.77. The summed E-state index contributed by atoms with van der Waals surface area (Å²) in [4.78, 5) is 11.4. The molecule has 14 heavy (non-hydrogen) atoms. The number of carbonyl (C=O) groups excluding carboxylic acids is 1. The Morgan fingerprint density at radius 2 is 2.21 bits per heavy atom. The summed E-state index contributed by atoms with van der Waals surface area (Å²) >= 11 is 0. The lowest BCUT2D eigenvalue weighted by atomic mass is 10.1. The van der Waals surface area contributed by atoms with Crippen molar-refractivity contribution in [3.63, 3.8) is 0 Å². The first-order valence-corrected chi connectivity index (χ1v) is 4.98. The minimum atomic E-state index is -0.0721. The van der Waals surface area contributed by atoms with E-state index in [1.54, 1.807) is 6.08 Å². The van der Waals surface area contributed by atoms with E-state index in [4.69, 9.17) is 5.26 Å². The molecule has 0 aromatic carbocycles. The van der Waals surface area contributed by atoms with E-state index in [1.165, 1.54) is 0 Å². The van der Waals surface area contributed by atoms with Crippen molar-refractivity contribution in [2.75, 3.05) is 0 Å². The maximum absolute atomic E-state index is 11.4. The van der Waals surface area contributed by atoms with Gasteiger partial charge >= 0.3 is 0 Å². The van der Waals surface area contributed by atoms with E-state index < -0.39 is 0 Å². The highest BCUT2D eigenvalue weighted by Gasteiger charge is 2.27. The van der Waals surface area contributed by atoms with Gasteiger partial charge in [0.2, 0.25) is 5.91 Å². The largest absolute Gasteiger partial charge is 0.349 e. The van der Waals surface area contributed by atoms with E-state index in [-0.39, 0.29) is 17.9 Å². The Hall–Kier alpha value is -1.30. The zero-order valence-corrected chi connectivity index (χ0v) is 8.71. The zero-order valence-electron chi connectivity index (χ0n) is 8.71. The average molecular weight is 192 g/mol. The first kappa shape index (κ1) is 10.8. The molecule has 0 aromatic rings. The molecule has 1 N–H and O–H groups in total. The normalized spacial score (nSPS) is 25.2. The Kier molecular flexibility index (Phi) is 3.70. The molecule has 0 radical (unpaired) electrons. The summed E-state index contributed by atoms with van der Waals surface area (Å²) in [6, 6.07) is 2.30. The predicted octanol–water partition coefficient (Wildman–Crippen LogP) is 1.76. The highest BCUT2D eigenvalue weighted by Crippen LogP contribution is 2.24. The van der Waals surface area contributed by atoms with Crippen LogP contribution in [0.3, 0.4) is 0 Å². The maximum atomic E-state index is 11.4. The molecule has 3 heteroatoms. The van der Waals surface area contributed by atoms with Crippen LogP contribution in [0.4, 0.5) is 0 Å². The van der Waals surface area contributed by atoms with Gasteiger partial charge in [-0.3, -0.25) is 4.79 Å². The number of nitrogens with one attached hydrogen (secondary N) is 1. The standard InChI is InChI=1S/C11H16N2O/c1-8(2)6-11(14)13-10-5-3-4-9(10)7-12/h6,9-10H,3-5H2,1-2H3,(H,13,14). The van der Waals surface area contributed by atoms with Gasteiger partial charge in [0.25, 0.3) is 0 Å². The van der Waals surface area contributed by atoms with Gasteiger partial charge in [-0.05, 0) is 33.1 Å². The summed E-state index contributed by atoms with van der Waals surface area (Å²) in [5.41, 5.74) is 0.981. The summed E-state index contributed by atoms with van der Waals surface area (Å²) in [5, 5.41) is 11.7. The van der Waals surface area contributed by atoms with Gasteiger partial charge in [0.1, 0.15) is 0 Å². The molecule has 76 valence electrons. The van der Waals surface area contributed by atoms with Crippen molar-refractivity contribution < 1.29 is 4.79 Å². The molecule has 1 rings (SSSR count). The third-order valence-corrected chi connectivity index (χ3v) is 2.43. The summed E-state index contributed by atoms with van der Waals surface area (Å²) in [7, 11) is 0. The number of allylic oxidation sites excluding steroid dienone is 1. The minimum Gasteiger partial charge on any atom is -0.349 e. The quantitative estimate of drug-likeness (QED) is 0.678. The van der Waals surface area contributed by atoms with Crippen LogP contribution in [0.2, 0.25) is 0 Å². The molecule has 0 aromatic heterocycles. The van der Waals surface area contributed by atoms with Crippen LogP contribution in [0.15, 0.2) is 11.6 Å². The van der Waals surface area contributed by atoms with Crippen molar-refractivity contribution in [1.82, 2.24) is 5.32 Å². The molecule has 3 nitrogen and oxygen atoms in total.